The van der Waals surface area contributed by atoms with Crippen molar-refractivity contribution in [1.29, 1.82) is 0 Å². The average molecular weight is 777 g/mol. The number of carbonyl (C=O) groups is 3. The van der Waals surface area contributed by atoms with E-state index in [-0.39, 0.29) is 47.2 Å². The molecular formula is C17H22I3N3O8. The van der Waals surface area contributed by atoms with Gasteiger partial charge in [-0.15, -0.1) is 0 Å². The molecule has 0 saturated heterocycles. The lowest BCUT2D eigenvalue weighted by atomic mass is 10.1. The molecule has 1 unspecified atom stereocenters. The van der Waals surface area contributed by atoms with Gasteiger partial charge in [0.25, 0.3) is 17.7 Å². The van der Waals surface area contributed by atoms with Crippen molar-refractivity contribution < 1.29 is 39.9 Å². The zero-order chi connectivity index (χ0) is 23.9. The van der Waals surface area contributed by atoms with Gasteiger partial charge in [-0.25, -0.2) is 0 Å². The summed E-state index contributed by atoms with van der Waals surface area (Å²) in [5.74, 6) is -2.29. The predicted molar refractivity (Wildman–Crippen MR) is 136 cm³/mol. The maximum atomic E-state index is 13.3. The highest BCUT2D eigenvalue weighted by Gasteiger charge is 2.33. The summed E-state index contributed by atoms with van der Waals surface area (Å²) in [5, 5.41) is 47.0. The van der Waals surface area contributed by atoms with E-state index in [4.69, 9.17) is 10.8 Å². The molecule has 1 aromatic rings. The van der Waals surface area contributed by atoms with Crippen LogP contribution in [0.1, 0.15) is 20.7 Å². The smallest absolute Gasteiger partial charge is 0.256 e. The second-order valence-corrected chi connectivity index (χ2v) is 9.38. The molecule has 174 valence electrons. The van der Waals surface area contributed by atoms with Crippen LogP contribution in [0, 0.1) is 10.7 Å². The van der Waals surface area contributed by atoms with Crippen LogP contribution >= 0.6 is 67.8 Å². The summed E-state index contributed by atoms with van der Waals surface area (Å²) < 4.78 is 0.711. The standard InChI is InChI=1S/C17H22I3N3O8/c18-12-10(16(21)30)13(19)15(23(2-4-25)9(29)7-27)14(20)11(12)17(31)22(1-3-24)5-8(28)6-26/h8,24-28H,1-7H2,(H2,21,30). The van der Waals surface area contributed by atoms with Gasteiger partial charge < -0.3 is 41.1 Å². The molecule has 11 nitrogen and oxygen atoms in total. The molecule has 7 N–H and O–H groups in total. The fourth-order valence-corrected chi connectivity index (χ4v) is 7.45. The molecule has 1 rings (SSSR count). The van der Waals surface area contributed by atoms with Gasteiger partial charge in [-0.05, 0) is 67.8 Å². The maximum absolute atomic E-state index is 13.3. The van der Waals surface area contributed by atoms with Crippen molar-refractivity contribution in [2.75, 3.05) is 51.0 Å². The number of carbonyl (C=O) groups excluding carboxylic acids is 3. The number of rotatable bonds is 11. The van der Waals surface area contributed by atoms with E-state index in [2.05, 4.69) is 0 Å². The Bertz CT molecular complexity index is 840. The molecule has 1 atom stereocenters. The summed E-state index contributed by atoms with van der Waals surface area (Å²) in [6.45, 7) is -3.00. The second kappa shape index (κ2) is 13.4. The molecule has 0 spiro atoms. The maximum Gasteiger partial charge on any atom is 0.256 e. The monoisotopic (exact) mass is 777 g/mol. The molecule has 0 saturated carbocycles. The Hall–Kier alpha value is -0.380. The minimum Gasteiger partial charge on any atom is -0.395 e. The predicted octanol–water partition coefficient (Wildman–Crippen LogP) is -1.30. The normalized spacial score (nSPS) is 11.9. The van der Waals surface area contributed by atoms with E-state index in [1.807, 2.05) is 22.6 Å². The van der Waals surface area contributed by atoms with Crippen molar-refractivity contribution in [1.82, 2.24) is 4.90 Å². The number of hydrogen-bond acceptors (Lipinski definition) is 8. The lowest BCUT2D eigenvalue weighted by Gasteiger charge is -2.29. The minimum absolute atomic E-state index is 0.00214. The van der Waals surface area contributed by atoms with Crippen LogP contribution in [-0.4, -0.2) is 100 Å². The molecule has 31 heavy (non-hydrogen) atoms. The van der Waals surface area contributed by atoms with Crippen LogP contribution in [0.5, 0.6) is 0 Å². The van der Waals surface area contributed by atoms with Crippen LogP contribution in [0.4, 0.5) is 5.69 Å². The number of primary amides is 1. The Morgan fingerprint density at radius 1 is 0.903 bits per heavy atom. The van der Waals surface area contributed by atoms with Crippen molar-refractivity contribution in [2.24, 2.45) is 5.73 Å². The van der Waals surface area contributed by atoms with E-state index >= 15 is 0 Å². The number of aliphatic hydroxyl groups excluding tert-OH is 5. The number of nitrogens with two attached hydrogens (primary N) is 1. The number of nitrogens with zero attached hydrogens (tertiary/aromatic N) is 2. The van der Waals surface area contributed by atoms with E-state index in [0.29, 0.717) is 0 Å². The van der Waals surface area contributed by atoms with Crippen LogP contribution in [0.2, 0.25) is 0 Å². The quantitative estimate of drug-likeness (QED) is 0.150. The Morgan fingerprint density at radius 2 is 1.45 bits per heavy atom. The average Bonchev–Trinajstić information content (AvgIpc) is 2.71. The van der Waals surface area contributed by atoms with Gasteiger partial charge in [-0.3, -0.25) is 14.4 Å². The largest absolute Gasteiger partial charge is 0.395 e. The van der Waals surface area contributed by atoms with Gasteiger partial charge in [0.2, 0.25) is 0 Å². The third-order valence-corrected chi connectivity index (χ3v) is 7.26. The van der Waals surface area contributed by atoms with Gasteiger partial charge in [-0.2, -0.15) is 0 Å². The van der Waals surface area contributed by atoms with Crippen LogP contribution in [0.15, 0.2) is 0 Å². The minimum atomic E-state index is -1.26. The Kier molecular flexibility index (Phi) is 12.3. The zero-order valence-electron chi connectivity index (χ0n) is 16.1. The van der Waals surface area contributed by atoms with Gasteiger partial charge in [0.05, 0.1) is 49.9 Å². The van der Waals surface area contributed by atoms with Crippen LogP contribution in [-0.2, 0) is 4.79 Å². The van der Waals surface area contributed by atoms with Crippen molar-refractivity contribution in [3.05, 3.63) is 21.8 Å². The number of halogens is 3. The van der Waals surface area contributed by atoms with E-state index < -0.39 is 50.3 Å². The molecule has 0 aliphatic rings. The Labute approximate surface area is 219 Å². The highest BCUT2D eigenvalue weighted by molar-refractivity contribution is 14.1. The third-order valence-electron chi connectivity index (χ3n) is 4.08. The van der Waals surface area contributed by atoms with E-state index in [1.165, 1.54) is 0 Å². The number of amides is 3. The highest BCUT2D eigenvalue weighted by Crippen LogP contribution is 2.38. The molecule has 0 fully saturated rings. The first-order valence-electron chi connectivity index (χ1n) is 8.78. The first-order chi connectivity index (χ1) is 14.6. The SMILES string of the molecule is NC(=O)c1c(I)c(C(=O)N(CCO)CC(O)CO)c(I)c(N(CCO)C(=O)CO)c1I. The molecule has 14 heteroatoms. The van der Waals surface area contributed by atoms with Crippen molar-refractivity contribution in [2.45, 2.75) is 6.10 Å². The molecule has 0 bridgehead atoms. The zero-order valence-corrected chi connectivity index (χ0v) is 22.6. The van der Waals surface area contributed by atoms with E-state index in [0.717, 1.165) is 9.80 Å². The lowest BCUT2D eigenvalue weighted by Crippen LogP contribution is -2.42. The summed E-state index contributed by atoms with van der Waals surface area (Å²) in [6.07, 6.45) is -1.26. The summed E-state index contributed by atoms with van der Waals surface area (Å²) in [5.41, 5.74) is 5.63. The fourth-order valence-electron chi connectivity index (χ4n) is 2.71. The first kappa shape index (κ1) is 28.7. The topological polar surface area (TPSA) is 185 Å². The van der Waals surface area contributed by atoms with E-state index in [1.54, 1.807) is 45.2 Å². The lowest BCUT2D eigenvalue weighted by molar-refractivity contribution is -0.121. The first-order valence-corrected chi connectivity index (χ1v) is 12.0. The van der Waals surface area contributed by atoms with Gasteiger partial charge in [0.1, 0.15) is 6.61 Å². The molecule has 0 heterocycles. The molecule has 0 aliphatic heterocycles. The Balaban J connectivity index is 3.84. The summed E-state index contributed by atoms with van der Waals surface area (Å²) in [7, 11) is 0. The summed E-state index contributed by atoms with van der Waals surface area (Å²) >= 11 is 5.40. The van der Waals surface area contributed by atoms with E-state index in [9.17, 15) is 34.8 Å². The second-order valence-electron chi connectivity index (χ2n) is 6.14. The molecule has 3 amide bonds. The molecule has 0 aliphatic carbocycles. The van der Waals surface area contributed by atoms with Crippen molar-refractivity contribution >= 4 is 91.2 Å². The fraction of sp³-hybridized carbons (Fsp3) is 0.471. The molecular weight excluding hydrogens is 755 g/mol. The van der Waals surface area contributed by atoms with Crippen LogP contribution < -0.4 is 10.6 Å². The van der Waals surface area contributed by atoms with Crippen molar-refractivity contribution in [3.8, 4) is 0 Å². The van der Waals surface area contributed by atoms with Crippen LogP contribution in [0.25, 0.3) is 0 Å². The Morgan fingerprint density at radius 3 is 1.90 bits per heavy atom. The number of benzene rings is 1. The summed E-state index contributed by atoms with van der Waals surface area (Å²) in [4.78, 5) is 40.0. The third kappa shape index (κ3) is 6.81. The number of aliphatic hydroxyl groups is 5. The van der Waals surface area contributed by atoms with Crippen molar-refractivity contribution in [3.63, 3.8) is 0 Å². The van der Waals surface area contributed by atoms with Crippen LogP contribution in [0.3, 0.4) is 0 Å². The highest BCUT2D eigenvalue weighted by atomic mass is 127. The van der Waals surface area contributed by atoms with Gasteiger partial charge >= 0.3 is 0 Å². The molecule has 0 radical (unpaired) electrons. The molecule has 0 aromatic heterocycles. The van der Waals surface area contributed by atoms with Gasteiger partial charge in [0, 0.05) is 23.2 Å². The molecule has 1 aromatic carbocycles. The number of hydrogen-bond donors (Lipinski definition) is 6. The van der Waals surface area contributed by atoms with Gasteiger partial charge in [0.15, 0.2) is 0 Å². The number of anilines is 1. The summed E-state index contributed by atoms with van der Waals surface area (Å²) in [6, 6.07) is 0. The van der Waals surface area contributed by atoms with Gasteiger partial charge in [-0.1, -0.05) is 0 Å².